The Morgan fingerprint density at radius 2 is 1.81 bits per heavy atom. The Kier molecular flexibility index (Phi) is 6.76. The summed E-state index contributed by atoms with van der Waals surface area (Å²) >= 11 is 0. The third-order valence-electron chi connectivity index (χ3n) is 4.24. The van der Waals surface area contributed by atoms with Gasteiger partial charge in [-0.15, -0.1) is 0 Å². The van der Waals surface area contributed by atoms with Crippen molar-refractivity contribution in [1.82, 2.24) is 0 Å². The van der Waals surface area contributed by atoms with E-state index in [-0.39, 0.29) is 48.6 Å². The number of hydrogen-bond acceptors (Lipinski definition) is 4. The van der Waals surface area contributed by atoms with Gasteiger partial charge in [-0.3, -0.25) is 0 Å². The van der Waals surface area contributed by atoms with Crippen molar-refractivity contribution in [2.45, 2.75) is 32.3 Å². The first-order chi connectivity index (χ1) is 12.2. The second-order valence-electron chi connectivity index (χ2n) is 7.31. The molecular formula is C21H23NaO5. The maximum absolute atomic E-state index is 10.8. The minimum absolute atomic E-state index is 0. The van der Waals surface area contributed by atoms with E-state index in [1.165, 1.54) is 17.7 Å². The monoisotopic (exact) mass is 378 g/mol. The molecule has 2 aromatic carbocycles. The minimum Gasteiger partial charge on any atom is -1.00 e. The Balaban J connectivity index is 0.00000196. The molecule has 0 amide bonds. The summed E-state index contributed by atoms with van der Waals surface area (Å²) in [5.41, 5.74) is 2.14. The number of aliphatic hydroxyl groups is 1. The molecule has 0 saturated heterocycles. The zero-order valence-corrected chi connectivity index (χ0v) is 18.0. The number of benzene rings is 2. The van der Waals surface area contributed by atoms with Crippen molar-refractivity contribution in [1.29, 1.82) is 0 Å². The van der Waals surface area contributed by atoms with Gasteiger partial charge in [0.05, 0.1) is 5.56 Å². The van der Waals surface area contributed by atoms with Crippen LogP contribution in [0.5, 0.6) is 5.75 Å². The number of aliphatic hydroxyl groups excluding tert-OH is 1. The molecule has 1 heterocycles. The van der Waals surface area contributed by atoms with Crippen molar-refractivity contribution in [3.63, 3.8) is 0 Å². The van der Waals surface area contributed by atoms with Crippen LogP contribution in [0.25, 0.3) is 11.0 Å². The predicted octanol–water partition coefficient (Wildman–Crippen LogP) is 1.66. The van der Waals surface area contributed by atoms with E-state index in [1.54, 1.807) is 12.1 Å². The molecule has 0 aliphatic carbocycles. The van der Waals surface area contributed by atoms with Crippen LogP contribution in [0.1, 0.15) is 50.0 Å². The molecule has 5 nitrogen and oxygen atoms in total. The molecule has 3 rings (SSSR count). The molecule has 0 spiro atoms. The third kappa shape index (κ3) is 5.14. The molecule has 0 radical (unpaired) electrons. The van der Waals surface area contributed by atoms with Crippen molar-refractivity contribution in [2.75, 3.05) is 6.61 Å². The summed E-state index contributed by atoms with van der Waals surface area (Å²) in [6.45, 7) is 6.45. The summed E-state index contributed by atoms with van der Waals surface area (Å²) in [5, 5.41) is 20.2. The number of carboxylic acids is 1. The quantitative estimate of drug-likeness (QED) is 0.660. The van der Waals surface area contributed by atoms with E-state index in [2.05, 4.69) is 26.8 Å². The van der Waals surface area contributed by atoms with Gasteiger partial charge in [0.1, 0.15) is 29.8 Å². The number of rotatable bonds is 5. The van der Waals surface area contributed by atoms with Crippen LogP contribution < -0.4 is 34.3 Å². The Morgan fingerprint density at radius 1 is 1.15 bits per heavy atom. The summed E-state index contributed by atoms with van der Waals surface area (Å²) in [5.74, 6) is -0.0677. The van der Waals surface area contributed by atoms with Gasteiger partial charge in [0.25, 0.3) is 0 Å². The van der Waals surface area contributed by atoms with Gasteiger partial charge in [-0.25, -0.2) is 4.79 Å². The summed E-state index contributed by atoms with van der Waals surface area (Å²) in [6, 6.07) is 13.9. The average molecular weight is 378 g/mol. The summed E-state index contributed by atoms with van der Waals surface area (Å²) < 4.78 is 11.3. The van der Waals surface area contributed by atoms with E-state index in [9.17, 15) is 9.90 Å². The van der Waals surface area contributed by atoms with E-state index in [0.717, 1.165) is 11.0 Å². The summed E-state index contributed by atoms with van der Waals surface area (Å²) in [7, 11) is 0. The van der Waals surface area contributed by atoms with Gasteiger partial charge in [0, 0.05) is 5.39 Å². The minimum atomic E-state index is -0.992. The van der Waals surface area contributed by atoms with E-state index in [0.29, 0.717) is 11.5 Å². The molecule has 1 unspecified atom stereocenters. The largest absolute Gasteiger partial charge is 1.00 e. The third-order valence-corrected chi connectivity index (χ3v) is 4.24. The molecule has 0 fully saturated rings. The van der Waals surface area contributed by atoms with Gasteiger partial charge in [0.15, 0.2) is 0 Å². The predicted molar refractivity (Wildman–Crippen MR) is 99.9 cm³/mol. The first-order valence-electron chi connectivity index (χ1n) is 8.42. The van der Waals surface area contributed by atoms with Crippen LogP contribution in [-0.4, -0.2) is 22.8 Å². The molecule has 6 heteroatoms. The molecule has 138 valence electrons. The van der Waals surface area contributed by atoms with Crippen LogP contribution in [0.15, 0.2) is 52.9 Å². The molecule has 3 aromatic rings. The summed E-state index contributed by atoms with van der Waals surface area (Å²) in [6.07, 6.45) is -0.917. The Labute approximate surface area is 181 Å². The second kappa shape index (κ2) is 8.48. The number of ether oxygens (including phenoxy) is 1. The van der Waals surface area contributed by atoms with Crippen molar-refractivity contribution < 1.29 is 55.1 Å². The van der Waals surface area contributed by atoms with E-state index >= 15 is 0 Å². The van der Waals surface area contributed by atoms with Crippen molar-refractivity contribution in [3.05, 3.63) is 65.4 Å². The number of carboxylic acid groups (broad SMARTS) is 1. The smallest absolute Gasteiger partial charge is 1.00 e. The van der Waals surface area contributed by atoms with Gasteiger partial charge >= 0.3 is 35.5 Å². The zero-order chi connectivity index (χ0) is 18.9. The van der Waals surface area contributed by atoms with Crippen LogP contribution in [-0.2, 0) is 5.41 Å². The van der Waals surface area contributed by atoms with Gasteiger partial charge in [-0.05, 0) is 53.4 Å². The molecule has 1 atom stereocenters. The zero-order valence-electron chi connectivity index (χ0n) is 17.0. The van der Waals surface area contributed by atoms with Gasteiger partial charge in [-0.2, -0.15) is 0 Å². The molecule has 0 bridgehead atoms. The van der Waals surface area contributed by atoms with Crippen molar-refractivity contribution in [3.8, 4) is 5.75 Å². The SMILES string of the molecule is CC(C)(C)c1ccc2oc(C(O)COc3ccc(C(=O)O)cc3)cc2c1.[H-].[Na+]. The molecule has 1 aromatic heterocycles. The van der Waals surface area contributed by atoms with Gasteiger partial charge in [-0.1, -0.05) is 26.8 Å². The molecular weight excluding hydrogens is 355 g/mol. The first kappa shape index (κ1) is 21.5. The summed E-state index contributed by atoms with van der Waals surface area (Å²) in [4.78, 5) is 10.8. The van der Waals surface area contributed by atoms with Gasteiger partial charge in [0.2, 0.25) is 0 Å². The number of hydrogen-bond donors (Lipinski definition) is 2. The number of carbonyl (C=O) groups is 1. The fraction of sp³-hybridized carbons (Fsp3) is 0.286. The van der Waals surface area contributed by atoms with Crippen LogP contribution in [0, 0.1) is 0 Å². The number of fused-ring (bicyclic) bond motifs is 1. The van der Waals surface area contributed by atoms with Crippen molar-refractivity contribution in [2.24, 2.45) is 0 Å². The van der Waals surface area contributed by atoms with Crippen molar-refractivity contribution >= 4 is 16.9 Å². The van der Waals surface area contributed by atoms with E-state index in [1.807, 2.05) is 18.2 Å². The van der Waals surface area contributed by atoms with Crippen LogP contribution in [0.4, 0.5) is 0 Å². The Bertz CT molecular complexity index is 928. The van der Waals surface area contributed by atoms with Crippen LogP contribution >= 0.6 is 0 Å². The topological polar surface area (TPSA) is 79.9 Å². The molecule has 0 aliphatic rings. The first-order valence-corrected chi connectivity index (χ1v) is 8.42. The molecule has 0 aliphatic heterocycles. The van der Waals surface area contributed by atoms with Gasteiger partial charge < -0.3 is 20.8 Å². The van der Waals surface area contributed by atoms with E-state index < -0.39 is 12.1 Å². The molecule has 0 saturated carbocycles. The van der Waals surface area contributed by atoms with Crippen LogP contribution in [0.3, 0.4) is 0 Å². The number of furan rings is 1. The second-order valence-corrected chi connectivity index (χ2v) is 7.31. The molecule has 2 N–H and O–H groups in total. The maximum Gasteiger partial charge on any atom is 1.00 e. The maximum atomic E-state index is 10.8. The number of aromatic carboxylic acids is 1. The molecule has 27 heavy (non-hydrogen) atoms. The van der Waals surface area contributed by atoms with Crippen LogP contribution in [0.2, 0.25) is 0 Å². The Morgan fingerprint density at radius 3 is 2.41 bits per heavy atom. The standard InChI is InChI=1S/C21H22O5.Na.H/c1-21(2,3)15-6-9-18-14(10-15)11-19(26-18)17(22)12-25-16-7-4-13(5-8-16)20(23)24;;/h4-11,17,22H,12H2,1-3H3,(H,23,24);;/q;+1;-1. The normalized spacial score (nSPS) is 12.4. The fourth-order valence-electron chi connectivity index (χ4n) is 2.65. The average Bonchev–Trinajstić information content (AvgIpc) is 3.02. The van der Waals surface area contributed by atoms with E-state index in [4.69, 9.17) is 14.3 Å². The fourth-order valence-corrected chi connectivity index (χ4v) is 2.65. The Hall–Kier alpha value is -1.79.